The molecule has 0 spiro atoms. The van der Waals surface area contributed by atoms with Gasteiger partial charge in [-0.05, 0) is 63.4 Å². The fourth-order valence-electron chi connectivity index (χ4n) is 4.00. The van der Waals surface area contributed by atoms with Gasteiger partial charge in [-0.15, -0.1) is 0 Å². The lowest BCUT2D eigenvalue weighted by Crippen LogP contribution is -2.32. The zero-order valence-corrected chi connectivity index (χ0v) is 15.5. The molecule has 2 aromatic rings. The molecule has 4 nitrogen and oxygen atoms in total. The summed E-state index contributed by atoms with van der Waals surface area (Å²) >= 11 is 0. The highest BCUT2D eigenvalue weighted by Crippen LogP contribution is 2.33. The topological polar surface area (TPSA) is 45.5 Å². The van der Waals surface area contributed by atoms with Gasteiger partial charge in [0.1, 0.15) is 0 Å². The van der Waals surface area contributed by atoms with Gasteiger partial charge in [-0.3, -0.25) is 0 Å². The number of benzene rings is 1. The summed E-state index contributed by atoms with van der Waals surface area (Å²) in [5.74, 6) is -0.846. The summed E-state index contributed by atoms with van der Waals surface area (Å²) in [5, 5.41) is 9.58. The van der Waals surface area contributed by atoms with Gasteiger partial charge in [-0.25, -0.2) is 4.79 Å². The third-order valence-electron chi connectivity index (χ3n) is 5.39. The molecule has 0 radical (unpaired) electrons. The Labute approximate surface area is 150 Å². The molecule has 3 rings (SSSR count). The molecule has 0 amide bonds. The first-order valence-corrected chi connectivity index (χ1v) is 9.21. The number of carbonyl (C=O) groups is 1. The zero-order chi connectivity index (χ0) is 18.0. The largest absolute Gasteiger partial charge is 0.478 e. The number of carboxylic acid groups (broad SMARTS) is 1. The van der Waals surface area contributed by atoms with E-state index in [1.807, 2.05) is 13.1 Å². The molecule has 1 saturated heterocycles. The summed E-state index contributed by atoms with van der Waals surface area (Å²) in [4.78, 5) is 14.2. The Bertz CT molecular complexity index is 750. The minimum absolute atomic E-state index is 0.413. The van der Waals surface area contributed by atoms with Gasteiger partial charge < -0.3 is 14.6 Å². The number of aryl methyl sites for hydroxylation is 2. The van der Waals surface area contributed by atoms with Crippen LogP contribution in [-0.2, 0) is 6.54 Å². The smallest absolute Gasteiger partial charge is 0.337 e. The lowest BCUT2D eigenvalue weighted by molar-refractivity contribution is 0.0696. The molecule has 0 atom stereocenters. The summed E-state index contributed by atoms with van der Waals surface area (Å²) in [5.41, 5.74) is 5.89. The SMILES string of the molecule is Cc1cccc(C)c1-c1c(C)c(C(=O)O)cn1CCN1CCCCC1. The maximum Gasteiger partial charge on any atom is 0.337 e. The molecule has 25 heavy (non-hydrogen) atoms. The van der Waals surface area contributed by atoms with Crippen molar-refractivity contribution in [2.75, 3.05) is 19.6 Å². The molecule has 1 aromatic carbocycles. The van der Waals surface area contributed by atoms with E-state index < -0.39 is 5.97 Å². The fraction of sp³-hybridized carbons (Fsp3) is 0.476. The molecule has 1 fully saturated rings. The van der Waals surface area contributed by atoms with E-state index >= 15 is 0 Å². The quantitative estimate of drug-likeness (QED) is 0.884. The highest BCUT2D eigenvalue weighted by atomic mass is 16.4. The first-order chi connectivity index (χ1) is 12.0. The van der Waals surface area contributed by atoms with Crippen molar-refractivity contribution in [1.29, 1.82) is 0 Å². The monoisotopic (exact) mass is 340 g/mol. The predicted molar refractivity (Wildman–Crippen MR) is 101 cm³/mol. The molecule has 0 aliphatic carbocycles. The van der Waals surface area contributed by atoms with Crippen LogP contribution in [0.2, 0.25) is 0 Å². The summed E-state index contributed by atoms with van der Waals surface area (Å²) in [6.45, 7) is 10.3. The molecule has 4 heteroatoms. The maximum absolute atomic E-state index is 11.7. The third-order valence-corrected chi connectivity index (χ3v) is 5.39. The molecule has 1 N–H and O–H groups in total. The van der Waals surface area contributed by atoms with Crippen LogP contribution in [-0.4, -0.2) is 40.2 Å². The average Bonchev–Trinajstić information content (AvgIpc) is 2.91. The van der Waals surface area contributed by atoms with Gasteiger partial charge in [0.15, 0.2) is 0 Å². The van der Waals surface area contributed by atoms with Crippen molar-refractivity contribution in [3.63, 3.8) is 0 Å². The van der Waals surface area contributed by atoms with Crippen LogP contribution < -0.4 is 0 Å². The van der Waals surface area contributed by atoms with E-state index in [2.05, 4.69) is 41.5 Å². The second-order valence-corrected chi connectivity index (χ2v) is 7.18. The van der Waals surface area contributed by atoms with E-state index in [1.54, 1.807) is 0 Å². The number of nitrogens with zero attached hydrogens (tertiary/aromatic N) is 2. The maximum atomic E-state index is 11.7. The number of aromatic carboxylic acids is 1. The van der Waals surface area contributed by atoms with E-state index in [4.69, 9.17) is 0 Å². The Kier molecular flexibility index (Phi) is 5.28. The van der Waals surface area contributed by atoms with Crippen LogP contribution in [0.25, 0.3) is 11.3 Å². The van der Waals surface area contributed by atoms with Crippen molar-refractivity contribution in [3.05, 3.63) is 46.6 Å². The molecule has 0 bridgehead atoms. The number of hydrogen-bond donors (Lipinski definition) is 1. The Morgan fingerprint density at radius 2 is 1.68 bits per heavy atom. The molecule has 0 unspecified atom stereocenters. The third kappa shape index (κ3) is 3.64. The van der Waals surface area contributed by atoms with Crippen molar-refractivity contribution in [2.45, 2.75) is 46.6 Å². The summed E-state index contributed by atoms with van der Waals surface area (Å²) < 4.78 is 2.16. The minimum Gasteiger partial charge on any atom is -0.478 e. The summed E-state index contributed by atoms with van der Waals surface area (Å²) in [7, 11) is 0. The predicted octanol–water partition coefficient (Wildman–Crippen LogP) is 4.26. The Hall–Kier alpha value is -2.07. The van der Waals surface area contributed by atoms with Crippen molar-refractivity contribution >= 4 is 5.97 Å². The van der Waals surface area contributed by atoms with Crippen LogP contribution in [0, 0.1) is 20.8 Å². The Morgan fingerprint density at radius 3 is 2.28 bits per heavy atom. The van der Waals surface area contributed by atoms with Crippen molar-refractivity contribution in [1.82, 2.24) is 9.47 Å². The lowest BCUT2D eigenvalue weighted by atomic mass is 9.97. The van der Waals surface area contributed by atoms with Gasteiger partial charge in [0, 0.05) is 24.8 Å². The number of rotatable bonds is 5. The van der Waals surface area contributed by atoms with Crippen LogP contribution in [0.3, 0.4) is 0 Å². The van der Waals surface area contributed by atoms with Gasteiger partial charge in [-0.1, -0.05) is 24.6 Å². The molecule has 1 aromatic heterocycles. The highest BCUT2D eigenvalue weighted by molar-refractivity contribution is 5.92. The van der Waals surface area contributed by atoms with Crippen molar-refractivity contribution in [2.24, 2.45) is 0 Å². The molecule has 1 aliphatic heterocycles. The Balaban J connectivity index is 1.99. The van der Waals surface area contributed by atoms with E-state index in [-0.39, 0.29) is 0 Å². The number of hydrogen-bond acceptors (Lipinski definition) is 2. The fourth-order valence-corrected chi connectivity index (χ4v) is 4.00. The van der Waals surface area contributed by atoms with Gasteiger partial charge in [0.05, 0.1) is 11.3 Å². The van der Waals surface area contributed by atoms with E-state index in [9.17, 15) is 9.90 Å². The van der Waals surface area contributed by atoms with E-state index in [0.717, 1.165) is 37.4 Å². The molecule has 0 saturated carbocycles. The minimum atomic E-state index is -0.846. The van der Waals surface area contributed by atoms with Crippen LogP contribution >= 0.6 is 0 Å². The molecular weight excluding hydrogens is 312 g/mol. The molecule has 1 aliphatic rings. The van der Waals surface area contributed by atoms with Gasteiger partial charge in [-0.2, -0.15) is 0 Å². The van der Waals surface area contributed by atoms with Crippen LogP contribution in [0.4, 0.5) is 0 Å². The first kappa shape index (κ1) is 17.7. The second-order valence-electron chi connectivity index (χ2n) is 7.18. The Morgan fingerprint density at radius 1 is 1.04 bits per heavy atom. The number of piperidine rings is 1. The first-order valence-electron chi connectivity index (χ1n) is 9.21. The molecule has 134 valence electrons. The van der Waals surface area contributed by atoms with Crippen LogP contribution in [0.1, 0.15) is 46.3 Å². The van der Waals surface area contributed by atoms with E-state index in [0.29, 0.717) is 5.56 Å². The molecule has 2 heterocycles. The normalized spacial score (nSPS) is 15.5. The zero-order valence-electron chi connectivity index (χ0n) is 15.5. The standard InChI is InChI=1S/C21H28N2O2/c1-15-8-7-9-16(2)19(15)20-17(3)18(21(24)25)14-23(20)13-12-22-10-5-4-6-11-22/h7-9,14H,4-6,10-13H2,1-3H3,(H,24,25). The van der Waals surface area contributed by atoms with E-state index in [1.165, 1.54) is 36.0 Å². The summed E-state index contributed by atoms with van der Waals surface area (Å²) in [6, 6.07) is 6.26. The van der Waals surface area contributed by atoms with Gasteiger partial charge in [0.25, 0.3) is 0 Å². The number of aromatic nitrogens is 1. The van der Waals surface area contributed by atoms with Crippen LogP contribution in [0.15, 0.2) is 24.4 Å². The summed E-state index contributed by atoms with van der Waals surface area (Å²) in [6.07, 6.45) is 5.70. The molecular formula is C21H28N2O2. The van der Waals surface area contributed by atoms with Gasteiger partial charge in [0.2, 0.25) is 0 Å². The lowest BCUT2D eigenvalue weighted by Gasteiger charge is -2.27. The average molecular weight is 340 g/mol. The second kappa shape index (κ2) is 7.44. The highest BCUT2D eigenvalue weighted by Gasteiger charge is 2.21. The van der Waals surface area contributed by atoms with Gasteiger partial charge >= 0.3 is 5.97 Å². The number of likely N-dealkylation sites (tertiary alicyclic amines) is 1. The van der Waals surface area contributed by atoms with Crippen LogP contribution in [0.5, 0.6) is 0 Å². The number of carboxylic acids is 1. The van der Waals surface area contributed by atoms with Crippen molar-refractivity contribution < 1.29 is 9.90 Å². The van der Waals surface area contributed by atoms with Crippen molar-refractivity contribution in [3.8, 4) is 11.3 Å².